The van der Waals surface area contributed by atoms with E-state index in [0.717, 1.165) is 0 Å². The van der Waals surface area contributed by atoms with Gasteiger partial charge in [-0.2, -0.15) is 0 Å². The standard InChI is InChI=1S/C7H10NO2/c1-2-3-5-4-8-7(10)6(5)9/h2,5-6,9H,1,3-4H2. The lowest BCUT2D eigenvalue weighted by atomic mass is 10.0. The number of rotatable bonds is 2. The van der Waals surface area contributed by atoms with Crippen molar-refractivity contribution in [2.24, 2.45) is 5.92 Å². The lowest BCUT2D eigenvalue weighted by Gasteiger charge is -2.05. The van der Waals surface area contributed by atoms with E-state index in [-0.39, 0.29) is 11.8 Å². The molecule has 55 valence electrons. The van der Waals surface area contributed by atoms with E-state index in [4.69, 9.17) is 5.11 Å². The molecular weight excluding hydrogens is 130 g/mol. The van der Waals surface area contributed by atoms with E-state index in [1.165, 1.54) is 0 Å². The highest BCUT2D eigenvalue weighted by atomic mass is 16.3. The summed E-state index contributed by atoms with van der Waals surface area (Å²) in [7, 11) is 0. The number of amides is 1. The molecule has 1 saturated heterocycles. The first kappa shape index (κ1) is 7.28. The maximum atomic E-state index is 10.6. The van der Waals surface area contributed by atoms with Crippen LogP contribution in [0.1, 0.15) is 6.42 Å². The fraction of sp³-hybridized carbons (Fsp3) is 0.571. The smallest absolute Gasteiger partial charge is 0.270 e. The van der Waals surface area contributed by atoms with Gasteiger partial charge >= 0.3 is 0 Å². The molecule has 0 aromatic carbocycles. The summed E-state index contributed by atoms with van der Waals surface area (Å²) in [6, 6.07) is 0. The van der Waals surface area contributed by atoms with Gasteiger partial charge in [0.25, 0.3) is 5.91 Å². The first-order chi connectivity index (χ1) is 4.75. The van der Waals surface area contributed by atoms with Crippen LogP contribution in [0, 0.1) is 5.92 Å². The Morgan fingerprint density at radius 3 is 3.00 bits per heavy atom. The van der Waals surface area contributed by atoms with Gasteiger partial charge in [-0.3, -0.25) is 4.79 Å². The van der Waals surface area contributed by atoms with Gasteiger partial charge in [-0.25, -0.2) is 5.32 Å². The summed E-state index contributed by atoms with van der Waals surface area (Å²) < 4.78 is 0. The van der Waals surface area contributed by atoms with Crippen LogP contribution in [-0.2, 0) is 4.79 Å². The molecule has 1 fully saturated rings. The lowest BCUT2D eigenvalue weighted by molar-refractivity contribution is -0.127. The lowest BCUT2D eigenvalue weighted by Crippen LogP contribution is -2.22. The number of hydrogen-bond acceptors (Lipinski definition) is 2. The SMILES string of the molecule is C=CCC1C[N]C(=O)C1O. The average molecular weight is 140 g/mol. The highest BCUT2D eigenvalue weighted by molar-refractivity contribution is 5.82. The third-order valence-electron chi connectivity index (χ3n) is 1.65. The van der Waals surface area contributed by atoms with Crippen LogP contribution in [0.3, 0.4) is 0 Å². The molecule has 1 radical (unpaired) electrons. The summed E-state index contributed by atoms with van der Waals surface area (Å²) in [6.07, 6.45) is 1.48. The quantitative estimate of drug-likeness (QED) is 0.534. The summed E-state index contributed by atoms with van der Waals surface area (Å²) in [6.45, 7) is 3.97. The van der Waals surface area contributed by atoms with Crippen molar-refractivity contribution in [1.29, 1.82) is 0 Å². The molecule has 1 amide bonds. The maximum absolute atomic E-state index is 10.6. The zero-order chi connectivity index (χ0) is 7.56. The molecule has 2 atom stereocenters. The molecule has 0 saturated carbocycles. The molecule has 3 heteroatoms. The van der Waals surface area contributed by atoms with Crippen molar-refractivity contribution >= 4 is 5.91 Å². The van der Waals surface area contributed by atoms with Crippen molar-refractivity contribution in [3.63, 3.8) is 0 Å². The van der Waals surface area contributed by atoms with Crippen LogP contribution in [0.4, 0.5) is 0 Å². The average Bonchev–Trinajstić information content (AvgIpc) is 2.20. The summed E-state index contributed by atoms with van der Waals surface area (Å²) in [5, 5.41) is 12.7. The summed E-state index contributed by atoms with van der Waals surface area (Å²) in [4.78, 5) is 10.6. The number of aliphatic hydroxyl groups is 1. The van der Waals surface area contributed by atoms with Crippen LogP contribution in [0.2, 0.25) is 0 Å². The van der Waals surface area contributed by atoms with Crippen molar-refractivity contribution in [3.05, 3.63) is 12.7 Å². The Bertz CT molecular complexity index is 156. The largest absolute Gasteiger partial charge is 0.383 e. The maximum Gasteiger partial charge on any atom is 0.270 e. The second-order valence-corrected chi connectivity index (χ2v) is 2.41. The molecular formula is C7H10NO2. The van der Waals surface area contributed by atoms with Crippen molar-refractivity contribution in [2.45, 2.75) is 12.5 Å². The van der Waals surface area contributed by atoms with Gasteiger partial charge in [-0.15, -0.1) is 6.58 Å². The molecule has 1 aliphatic heterocycles. The van der Waals surface area contributed by atoms with E-state index < -0.39 is 6.10 Å². The van der Waals surface area contributed by atoms with E-state index in [2.05, 4.69) is 11.9 Å². The first-order valence-electron chi connectivity index (χ1n) is 3.26. The fourth-order valence-electron chi connectivity index (χ4n) is 1.02. The highest BCUT2D eigenvalue weighted by Gasteiger charge is 2.32. The third-order valence-corrected chi connectivity index (χ3v) is 1.65. The number of hydrogen-bond donors (Lipinski definition) is 1. The van der Waals surface area contributed by atoms with Crippen LogP contribution in [0.5, 0.6) is 0 Å². The normalized spacial score (nSPS) is 31.9. The van der Waals surface area contributed by atoms with Crippen LogP contribution in [0.25, 0.3) is 0 Å². The van der Waals surface area contributed by atoms with Crippen LogP contribution < -0.4 is 5.32 Å². The predicted molar refractivity (Wildman–Crippen MR) is 36.3 cm³/mol. The monoisotopic (exact) mass is 140 g/mol. The van der Waals surface area contributed by atoms with E-state index in [1.54, 1.807) is 6.08 Å². The Hall–Kier alpha value is -0.830. The Morgan fingerprint density at radius 2 is 2.60 bits per heavy atom. The number of nitrogens with zero attached hydrogens (tertiary/aromatic N) is 1. The summed E-state index contributed by atoms with van der Waals surface area (Å²) in [5.41, 5.74) is 0. The minimum Gasteiger partial charge on any atom is -0.383 e. The van der Waals surface area contributed by atoms with Gasteiger partial charge in [0, 0.05) is 12.5 Å². The van der Waals surface area contributed by atoms with E-state index in [9.17, 15) is 4.79 Å². The van der Waals surface area contributed by atoms with E-state index >= 15 is 0 Å². The third kappa shape index (κ3) is 1.19. The molecule has 0 spiro atoms. The molecule has 1 N–H and O–H groups in total. The van der Waals surface area contributed by atoms with Gasteiger partial charge in [0.05, 0.1) is 0 Å². The van der Waals surface area contributed by atoms with E-state index in [1.807, 2.05) is 0 Å². The summed E-state index contributed by atoms with van der Waals surface area (Å²) in [5.74, 6) is -0.406. The molecule has 2 unspecified atom stereocenters. The fourth-order valence-corrected chi connectivity index (χ4v) is 1.02. The van der Waals surface area contributed by atoms with Crippen LogP contribution in [-0.4, -0.2) is 23.7 Å². The molecule has 0 bridgehead atoms. The zero-order valence-electron chi connectivity index (χ0n) is 5.66. The molecule has 10 heavy (non-hydrogen) atoms. The van der Waals surface area contributed by atoms with Gasteiger partial charge in [0.15, 0.2) is 0 Å². The van der Waals surface area contributed by atoms with Gasteiger partial charge in [0.1, 0.15) is 6.10 Å². The van der Waals surface area contributed by atoms with Gasteiger partial charge in [-0.1, -0.05) is 6.08 Å². The highest BCUT2D eigenvalue weighted by Crippen LogP contribution is 2.15. The number of allylic oxidation sites excluding steroid dienone is 1. The second kappa shape index (κ2) is 2.84. The molecule has 0 aliphatic carbocycles. The van der Waals surface area contributed by atoms with Crippen molar-refractivity contribution in [2.75, 3.05) is 6.54 Å². The predicted octanol–water partition coefficient (Wildman–Crippen LogP) is -0.316. The Morgan fingerprint density at radius 1 is 1.90 bits per heavy atom. The first-order valence-corrected chi connectivity index (χ1v) is 3.26. The molecule has 0 aromatic heterocycles. The van der Waals surface area contributed by atoms with Gasteiger partial charge in [0.2, 0.25) is 0 Å². The molecule has 1 aliphatic rings. The Labute approximate surface area is 59.7 Å². The second-order valence-electron chi connectivity index (χ2n) is 2.41. The molecule has 0 aromatic rings. The van der Waals surface area contributed by atoms with E-state index in [0.29, 0.717) is 13.0 Å². The Balaban J connectivity index is 2.48. The number of carbonyl (C=O) groups excluding carboxylic acids is 1. The molecule has 1 heterocycles. The van der Waals surface area contributed by atoms with Crippen molar-refractivity contribution < 1.29 is 9.90 Å². The number of carbonyl (C=O) groups is 1. The van der Waals surface area contributed by atoms with Crippen molar-refractivity contribution in [1.82, 2.24) is 5.32 Å². The van der Waals surface area contributed by atoms with Crippen molar-refractivity contribution in [3.8, 4) is 0 Å². The minimum atomic E-state index is -0.877. The zero-order valence-corrected chi connectivity index (χ0v) is 5.66. The molecule has 1 rings (SSSR count). The van der Waals surface area contributed by atoms with Gasteiger partial charge in [-0.05, 0) is 6.42 Å². The van der Waals surface area contributed by atoms with Crippen LogP contribution in [0.15, 0.2) is 12.7 Å². The Kier molecular flexibility index (Phi) is 2.06. The number of aliphatic hydroxyl groups excluding tert-OH is 1. The topological polar surface area (TPSA) is 51.4 Å². The summed E-state index contributed by atoms with van der Waals surface area (Å²) >= 11 is 0. The van der Waals surface area contributed by atoms with Crippen LogP contribution >= 0.6 is 0 Å². The van der Waals surface area contributed by atoms with Gasteiger partial charge < -0.3 is 5.11 Å². The minimum absolute atomic E-state index is 0.0231. The molecule has 3 nitrogen and oxygen atoms in total.